The Hall–Kier alpha value is -9.09. The molecule has 7 rings (SSSR count). The summed E-state index contributed by atoms with van der Waals surface area (Å²) in [6.07, 6.45) is 17.4. The van der Waals surface area contributed by atoms with Crippen LogP contribution in [0.3, 0.4) is 0 Å². The maximum Gasteiger partial charge on any atom is 0.272 e. The third kappa shape index (κ3) is 30.3. The molecule has 3 aromatic heterocycles. The Balaban J connectivity index is 0.000000303. The van der Waals surface area contributed by atoms with Crippen molar-refractivity contribution in [3.63, 3.8) is 0 Å². The predicted octanol–water partition coefficient (Wildman–Crippen LogP) is 16.9. The molecule has 1 unspecified atom stereocenters. The monoisotopic (exact) mass is 1570 g/mol. The van der Waals surface area contributed by atoms with Gasteiger partial charge in [0.1, 0.15) is 34.5 Å². The minimum Gasteiger partial charge on any atom is -0.496 e. The average molecular weight is 1570 g/mol. The second-order valence-corrected chi connectivity index (χ2v) is 32.2. The molecule has 1 fully saturated rings. The number of nitrogens with one attached hydrogen (secondary N) is 6. The van der Waals surface area contributed by atoms with Crippen LogP contribution in [0, 0.1) is 41.4 Å². The van der Waals surface area contributed by atoms with Crippen molar-refractivity contribution in [2.75, 3.05) is 62.3 Å². The number of methoxy groups -OCH3 is 6. The van der Waals surface area contributed by atoms with Crippen molar-refractivity contribution in [2.24, 2.45) is 41.4 Å². The van der Waals surface area contributed by atoms with Crippen molar-refractivity contribution in [2.45, 2.75) is 263 Å². The number of amides is 6. The molecule has 1 saturated carbocycles. The van der Waals surface area contributed by atoms with Crippen molar-refractivity contribution in [1.82, 2.24) is 61.2 Å². The van der Waals surface area contributed by atoms with Crippen molar-refractivity contribution >= 4 is 35.4 Å². The van der Waals surface area contributed by atoms with Crippen molar-refractivity contribution in [3.05, 3.63) is 89.9 Å². The SMILES string of the molecule is CCC(CC)Cn1nc(C(=O)N[C@H](CC(=O)NCC2CCCCC2)CC(C)C)cc1-c1c(OC)cccc1OC.CCCCCNC(=O)C[C@H](CC(C)C)NC(=O)c1cc(-c2c(OC)cccc2OC)n(C(C)C(C)C)n1.CCCCCNC(=O)C[C@H](CC(C)C)NC(=O)c1cc(-c2c(OC)cccc2OC)n(CC(C)C)n1. The molecule has 0 spiro atoms. The molecule has 6 aromatic rings. The molecule has 113 heavy (non-hydrogen) atoms. The third-order valence-corrected chi connectivity index (χ3v) is 20.6. The van der Waals surface area contributed by atoms with Gasteiger partial charge in [-0.1, -0.05) is 173 Å². The van der Waals surface area contributed by atoms with E-state index in [2.05, 4.69) is 141 Å². The molecule has 628 valence electrons. The van der Waals surface area contributed by atoms with Crippen LogP contribution in [0.15, 0.2) is 72.8 Å². The Morgan fingerprint density at radius 3 is 1.09 bits per heavy atom. The van der Waals surface area contributed by atoms with E-state index in [9.17, 15) is 28.8 Å². The number of carbonyl (C=O) groups is 6. The van der Waals surface area contributed by atoms with Gasteiger partial charge in [-0.25, -0.2) is 0 Å². The molecular weight excluding hydrogens is 1430 g/mol. The van der Waals surface area contributed by atoms with Gasteiger partial charge in [-0.3, -0.25) is 42.8 Å². The van der Waals surface area contributed by atoms with Gasteiger partial charge >= 0.3 is 0 Å². The van der Waals surface area contributed by atoms with Gasteiger partial charge < -0.3 is 60.3 Å². The van der Waals surface area contributed by atoms with Crippen LogP contribution in [-0.4, -0.2) is 145 Å². The maximum atomic E-state index is 13.6. The lowest BCUT2D eigenvalue weighted by Crippen LogP contribution is -2.41. The molecule has 6 amide bonds. The van der Waals surface area contributed by atoms with E-state index >= 15 is 0 Å². The van der Waals surface area contributed by atoms with Crippen molar-refractivity contribution in [3.8, 4) is 68.3 Å². The highest BCUT2D eigenvalue weighted by atomic mass is 16.5. The first-order valence-electron chi connectivity index (χ1n) is 41.7. The molecule has 0 radical (unpaired) electrons. The van der Waals surface area contributed by atoms with E-state index in [0.29, 0.717) is 133 Å². The summed E-state index contributed by atoms with van der Waals surface area (Å²) in [6, 6.07) is 21.4. The number of ether oxygens (including phenoxy) is 6. The number of unbranched alkanes of at least 4 members (excludes halogenated alkanes) is 4. The van der Waals surface area contributed by atoms with E-state index in [1.807, 2.05) is 74.7 Å². The summed E-state index contributed by atoms with van der Waals surface area (Å²) in [5.41, 5.74) is 5.46. The van der Waals surface area contributed by atoms with Crippen LogP contribution in [0.4, 0.5) is 0 Å². The Morgan fingerprint density at radius 2 is 0.761 bits per heavy atom. The summed E-state index contributed by atoms with van der Waals surface area (Å²) in [7, 11) is 9.70. The highest BCUT2D eigenvalue weighted by Gasteiger charge is 2.31. The normalized spacial score (nSPS) is 13.3. The zero-order valence-electron chi connectivity index (χ0n) is 72.3. The van der Waals surface area contributed by atoms with Gasteiger partial charge in [0.25, 0.3) is 17.7 Å². The quantitative estimate of drug-likeness (QED) is 0.0194. The fourth-order valence-corrected chi connectivity index (χ4v) is 14.3. The molecule has 0 bridgehead atoms. The first-order valence-corrected chi connectivity index (χ1v) is 41.7. The van der Waals surface area contributed by atoms with Gasteiger partial charge in [-0.15, -0.1) is 0 Å². The molecule has 24 heteroatoms. The number of carbonyl (C=O) groups excluding carboxylic acids is 6. The fourth-order valence-electron chi connectivity index (χ4n) is 14.3. The minimum atomic E-state index is -0.297. The predicted molar refractivity (Wildman–Crippen MR) is 451 cm³/mol. The van der Waals surface area contributed by atoms with Crippen LogP contribution < -0.4 is 60.3 Å². The Bertz CT molecular complexity index is 3800. The van der Waals surface area contributed by atoms with Crippen LogP contribution in [0.25, 0.3) is 33.8 Å². The molecule has 0 saturated heterocycles. The molecule has 3 heterocycles. The van der Waals surface area contributed by atoms with E-state index in [0.717, 1.165) is 91.7 Å². The van der Waals surface area contributed by atoms with Gasteiger partial charge in [-0.05, 0) is 148 Å². The average Bonchev–Trinajstić information content (AvgIpc) is 1.68. The Labute approximate surface area is 675 Å². The molecule has 0 aliphatic heterocycles. The zero-order valence-corrected chi connectivity index (χ0v) is 72.3. The summed E-state index contributed by atoms with van der Waals surface area (Å²) < 4.78 is 39.5. The summed E-state index contributed by atoms with van der Waals surface area (Å²) in [5, 5.41) is 32.5. The van der Waals surface area contributed by atoms with Gasteiger partial charge in [-0.2, -0.15) is 15.3 Å². The minimum absolute atomic E-state index is 0.00441. The second-order valence-electron chi connectivity index (χ2n) is 32.2. The molecule has 24 nitrogen and oxygen atoms in total. The highest BCUT2D eigenvalue weighted by molar-refractivity contribution is 5.96. The van der Waals surface area contributed by atoms with Crippen molar-refractivity contribution < 1.29 is 57.2 Å². The molecule has 1 aliphatic carbocycles. The maximum absolute atomic E-state index is 13.6. The van der Waals surface area contributed by atoms with Crippen LogP contribution in [0.2, 0.25) is 0 Å². The second kappa shape index (κ2) is 49.5. The molecule has 6 N–H and O–H groups in total. The molecule has 4 atom stereocenters. The number of hydrogen-bond donors (Lipinski definition) is 6. The molecule has 1 aliphatic rings. The zero-order chi connectivity index (χ0) is 83.3. The van der Waals surface area contributed by atoms with Gasteiger partial charge in [0.15, 0.2) is 17.1 Å². The standard InChI is InChI=1S/C32H50N4O4.C29H46N4O4.C28H44N4O4/c1-7-23(8-2)21-36-27(31-28(39-5)15-12-16-29(31)40-6)19-26(35-36)32(38)34-25(17-22(3)4)18-30(37)33-20-24-13-10-9-11-14-24;1-9-10-11-15-30-27(34)17-22(16-19(2)3)31-29(35)23-18-24(33(32-23)21(6)20(4)5)28-25(36-7)13-12-14-26(28)37-8;1-8-9-10-14-29-26(33)16-21(15-19(2)3)30-28(34)22-17-23(32(31-22)18-20(4)5)27-24(35-6)12-11-13-25(27)36-7/h12,15-16,19,22-25H,7-11,13-14,17-18,20-21H2,1-6H3,(H,33,37)(H,34,38);12-14,18-22H,9-11,15-17H2,1-8H3,(H,30,34)(H,31,35);11-13,17,19-21H,8-10,14-16,18H2,1-7H3,(H,29,33)(H,30,34)/t25-;21?,22-;21-/m000/s1. The summed E-state index contributed by atoms with van der Waals surface area (Å²) in [5.74, 6) is 5.48. The van der Waals surface area contributed by atoms with E-state index < -0.39 is 0 Å². The molecule has 3 aromatic carbocycles. The van der Waals surface area contributed by atoms with E-state index in [-0.39, 0.29) is 84.8 Å². The lowest BCUT2D eigenvalue weighted by atomic mass is 9.89. The highest BCUT2D eigenvalue weighted by Crippen LogP contribution is 2.43. The van der Waals surface area contributed by atoms with Crippen LogP contribution >= 0.6 is 0 Å². The first-order chi connectivity index (χ1) is 54.1. The summed E-state index contributed by atoms with van der Waals surface area (Å²) >= 11 is 0. The largest absolute Gasteiger partial charge is 0.496 e. The van der Waals surface area contributed by atoms with Crippen molar-refractivity contribution in [1.29, 1.82) is 0 Å². The first kappa shape index (κ1) is 94.5. The van der Waals surface area contributed by atoms with Crippen LogP contribution in [-0.2, 0) is 27.5 Å². The van der Waals surface area contributed by atoms with Gasteiger partial charge in [0.05, 0.1) is 82.5 Å². The summed E-state index contributed by atoms with van der Waals surface area (Å²) in [6.45, 7) is 35.0. The van der Waals surface area contributed by atoms with Crippen LogP contribution in [0.1, 0.15) is 263 Å². The Morgan fingerprint density at radius 1 is 0.425 bits per heavy atom. The lowest BCUT2D eigenvalue weighted by Gasteiger charge is -2.23. The van der Waals surface area contributed by atoms with Crippen LogP contribution in [0.5, 0.6) is 34.5 Å². The number of aromatic nitrogens is 6. The third-order valence-electron chi connectivity index (χ3n) is 20.6. The topological polar surface area (TPSA) is 283 Å². The number of benzene rings is 3. The van der Waals surface area contributed by atoms with E-state index in [4.69, 9.17) is 38.6 Å². The number of rotatable bonds is 45. The lowest BCUT2D eigenvalue weighted by molar-refractivity contribution is -0.122. The van der Waals surface area contributed by atoms with E-state index in [1.165, 1.54) is 32.1 Å². The van der Waals surface area contributed by atoms with Gasteiger partial charge in [0, 0.05) is 70.1 Å². The smallest absolute Gasteiger partial charge is 0.272 e. The van der Waals surface area contributed by atoms with Gasteiger partial charge in [0.2, 0.25) is 17.7 Å². The Kier molecular flexibility index (Phi) is 41.4. The van der Waals surface area contributed by atoms with E-state index in [1.54, 1.807) is 54.8 Å². The number of nitrogens with zero attached hydrogens (tertiary/aromatic N) is 6. The fraction of sp³-hybridized carbons (Fsp3) is 0.629. The number of hydrogen-bond acceptors (Lipinski definition) is 15. The molecular formula is C89H140N12O12. The summed E-state index contributed by atoms with van der Waals surface area (Å²) in [4.78, 5) is 78.3.